The third kappa shape index (κ3) is 4.93. The van der Waals surface area contributed by atoms with E-state index in [2.05, 4.69) is 9.97 Å². The van der Waals surface area contributed by atoms with Gasteiger partial charge in [0, 0.05) is 35.9 Å². The molecule has 1 aliphatic rings. The first-order chi connectivity index (χ1) is 14.6. The molecule has 0 bridgehead atoms. The molecule has 0 saturated carbocycles. The number of nitrogens with zero attached hydrogens (tertiary/aromatic N) is 4. The highest BCUT2D eigenvalue weighted by Gasteiger charge is 2.26. The summed E-state index contributed by atoms with van der Waals surface area (Å²) in [5, 5.41) is 0.684. The van der Waals surface area contributed by atoms with Crippen molar-refractivity contribution in [3.8, 4) is 11.3 Å². The van der Waals surface area contributed by atoms with E-state index in [0.29, 0.717) is 37.6 Å². The zero-order chi connectivity index (χ0) is 20.9. The molecular formula is C22H22ClN5O2. The zero-order valence-electron chi connectivity index (χ0n) is 16.4. The third-order valence-corrected chi connectivity index (χ3v) is 5.24. The Morgan fingerprint density at radius 3 is 2.80 bits per heavy atom. The molecule has 2 N–H and O–H groups in total. The normalized spacial score (nSPS) is 16.4. The van der Waals surface area contributed by atoms with Crippen molar-refractivity contribution in [1.82, 2.24) is 19.9 Å². The van der Waals surface area contributed by atoms with Crippen molar-refractivity contribution in [1.29, 1.82) is 0 Å². The van der Waals surface area contributed by atoms with Crippen LogP contribution in [0.2, 0.25) is 5.02 Å². The summed E-state index contributed by atoms with van der Waals surface area (Å²) in [6, 6.07) is 13.3. The fraction of sp³-hybridized carbons (Fsp3) is 0.273. The molecule has 7 nitrogen and oxygen atoms in total. The van der Waals surface area contributed by atoms with Crippen molar-refractivity contribution in [3.05, 3.63) is 71.1 Å². The number of amides is 1. The van der Waals surface area contributed by atoms with E-state index in [1.54, 1.807) is 12.4 Å². The van der Waals surface area contributed by atoms with Gasteiger partial charge in [-0.05, 0) is 36.2 Å². The maximum absolute atomic E-state index is 12.7. The van der Waals surface area contributed by atoms with Crippen molar-refractivity contribution < 1.29 is 9.53 Å². The number of morpholine rings is 1. The minimum Gasteiger partial charge on any atom is -0.368 e. The first-order valence-electron chi connectivity index (χ1n) is 9.77. The number of hydrogen-bond donors (Lipinski definition) is 1. The van der Waals surface area contributed by atoms with Crippen molar-refractivity contribution >= 4 is 23.5 Å². The Kier molecular flexibility index (Phi) is 6.21. The van der Waals surface area contributed by atoms with Gasteiger partial charge in [-0.1, -0.05) is 29.8 Å². The van der Waals surface area contributed by atoms with Gasteiger partial charge < -0.3 is 15.4 Å². The second-order valence-corrected chi connectivity index (χ2v) is 7.54. The number of hydrogen-bond acceptors (Lipinski definition) is 6. The molecular weight excluding hydrogens is 402 g/mol. The first-order valence-corrected chi connectivity index (χ1v) is 10.1. The number of aryl methyl sites for hydroxylation is 1. The lowest BCUT2D eigenvalue weighted by Gasteiger charge is -2.33. The van der Waals surface area contributed by atoms with E-state index in [1.807, 2.05) is 47.4 Å². The van der Waals surface area contributed by atoms with Gasteiger partial charge in [0.15, 0.2) is 0 Å². The average molecular weight is 424 g/mol. The van der Waals surface area contributed by atoms with Crippen LogP contribution < -0.4 is 5.73 Å². The van der Waals surface area contributed by atoms with Crippen LogP contribution in [-0.2, 0) is 16.0 Å². The van der Waals surface area contributed by atoms with Gasteiger partial charge >= 0.3 is 0 Å². The summed E-state index contributed by atoms with van der Waals surface area (Å²) in [5.74, 6) is 0.323. The van der Waals surface area contributed by atoms with Crippen LogP contribution in [0.4, 0.5) is 5.95 Å². The molecule has 4 rings (SSSR count). The lowest BCUT2D eigenvalue weighted by Crippen LogP contribution is -2.42. The first kappa shape index (κ1) is 20.3. The lowest BCUT2D eigenvalue weighted by molar-refractivity contribution is -0.139. The van der Waals surface area contributed by atoms with Crippen molar-refractivity contribution in [2.45, 2.75) is 18.9 Å². The molecule has 3 heterocycles. The minimum absolute atomic E-state index is 0.103. The van der Waals surface area contributed by atoms with Gasteiger partial charge in [-0.2, -0.15) is 0 Å². The highest BCUT2D eigenvalue weighted by Crippen LogP contribution is 2.24. The number of rotatable bonds is 5. The van der Waals surface area contributed by atoms with Gasteiger partial charge in [-0.15, -0.1) is 0 Å². The summed E-state index contributed by atoms with van der Waals surface area (Å²) in [4.78, 5) is 27.3. The maximum atomic E-state index is 12.7. The van der Waals surface area contributed by atoms with Gasteiger partial charge in [0.2, 0.25) is 11.9 Å². The average Bonchev–Trinajstić information content (AvgIpc) is 2.78. The molecule has 0 aliphatic carbocycles. The van der Waals surface area contributed by atoms with Crippen LogP contribution >= 0.6 is 11.6 Å². The van der Waals surface area contributed by atoms with E-state index < -0.39 is 0 Å². The van der Waals surface area contributed by atoms with Crippen LogP contribution in [-0.4, -0.2) is 45.5 Å². The number of aromatic nitrogens is 3. The summed E-state index contributed by atoms with van der Waals surface area (Å²) < 4.78 is 5.91. The fourth-order valence-corrected chi connectivity index (χ4v) is 3.63. The number of carbonyl (C=O) groups excluding carboxylic acids is 1. The standard InChI is InChI=1S/C22H22ClN5O2/c23-17-4-1-3-15(11-17)7-8-21(29)28-9-10-30-20(14-28)19-6-2-5-18(27-19)16-12-25-22(24)26-13-16/h1-6,11-13,20H,7-10,14H2,(H2,24,25,26)/t20-/m1/s1. The molecule has 1 amide bonds. The summed E-state index contributed by atoms with van der Waals surface area (Å²) >= 11 is 6.03. The molecule has 3 aromatic rings. The summed E-state index contributed by atoms with van der Waals surface area (Å²) in [5.41, 5.74) is 8.90. The second-order valence-electron chi connectivity index (χ2n) is 7.11. The smallest absolute Gasteiger partial charge is 0.223 e. The van der Waals surface area contributed by atoms with Gasteiger partial charge in [0.25, 0.3) is 0 Å². The highest BCUT2D eigenvalue weighted by molar-refractivity contribution is 6.30. The van der Waals surface area contributed by atoms with Crippen LogP contribution in [0.15, 0.2) is 54.9 Å². The molecule has 0 radical (unpaired) electrons. The molecule has 1 saturated heterocycles. The Morgan fingerprint density at radius 2 is 2.00 bits per heavy atom. The van der Waals surface area contributed by atoms with Crippen LogP contribution in [0.1, 0.15) is 23.8 Å². The predicted molar refractivity (Wildman–Crippen MR) is 115 cm³/mol. The Bertz CT molecular complexity index is 1030. The summed E-state index contributed by atoms with van der Waals surface area (Å²) in [6.45, 7) is 1.53. The van der Waals surface area contributed by atoms with Crippen molar-refractivity contribution in [2.75, 3.05) is 25.4 Å². The zero-order valence-corrected chi connectivity index (χ0v) is 17.1. The van der Waals surface area contributed by atoms with E-state index in [0.717, 1.165) is 22.5 Å². The summed E-state index contributed by atoms with van der Waals surface area (Å²) in [7, 11) is 0. The lowest BCUT2D eigenvalue weighted by atomic mass is 10.1. The molecule has 30 heavy (non-hydrogen) atoms. The molecule has 8 heteroatoms. The number of anilines is 1. The van der Waals surface area contributed by atoms with Crippen molar-refractivity contribution in [3.63, 3.8) is 0 Å². The maximum Gasteiger partial charge on any atom is 0.223 e. The van der Waals surface area contributed by atoms with E-state index in [-0.39, 0.29) is 18.0 Å². The molecule has 0 spiro atoms. The van der Waals surface area contributed by atoms with Gasteiger partial charge in [-0.25, -0.2) is 15.0 Å². The Balaban J connectivity index is 1.41. The van der Waals surface area contributed by atoms with Gasteiger partial charge in [-0.3, -0.25) is 4.79 Å². The molecule has 1 atom stereocenters. The molecule has 154 valence electrons. The predicted octanol–water partition coefficient (Wildman–Crippen LogP) is 3.31. The fourth-order valence-electron chi connectivity index (χ4n) is 3.42. The quantitative estimate of drug-likeness (QED) is 0.676. The largest absolute Gasteiger partial charge is 0.368 e. The minimum atomic E-state index is -0.275. The number of halogens is 1. The number of pyridine rings is 1. The number of carbonyl (C=O) groups is 1. The number of ether oxygens (including phenoxy) is 1. The van der Waals surface area contributed by atoms with Crippen molar-refractivity contribution in [2.24, 2.45) is 0 Å². The molecule has 1 aliphatic heterocycles. The summed E-state index contributed by atoms with van der Waals surface area (Å²) in [6.07, 6.45) is 4.10. The van der Waals surface area contributed by atoms with Gasteiger partial charge in [0.1, 0.15) is 6.10 Å². The Morgan fingerprint density at radius 1 is 1.20 bits per heavy atom. The van der Waals surface area contributed by atoms with Gasteiger partial charge in [0.05, 0.1) is 24.5 Å². The molecule has 0 unspecified atom stereocenters. The van der Waals surface area contributed by atoms with E-state index in [1.165, 1.54) is 0 Å². The Labute approximate surface area is 179 Å². The molecule has 2 aromatic heterocycles. The van der Waals surface area contributed by atoms with E-state index >= 15 is 0 Å². The monoisotopic (exact) mass is 423 g/mol. The van der Waals surface area contributed by atoms with Crippen LogP contribution in [0.25, 0.3) is 11.3 Å². The highest BCUT2D eigenvalue weighted by atomic mass is 35.5. The molecule has 1 fully saturated rings. The third-order valence-electron chi connectivity index (χ3n) is 5.00. The van der Waals surface area contributed by atoms with Crippen LogP contribution in [0.3, 0.4) is 0 Å². The van der Waals surface area contributed by atoms with Crippen LogP contribution in [0, 0.1) is 0 Å². The van der Waals surface area contributed by atoms with Crippen LogP contribution in [0.5, 0.6) is 0 Å². The topological polar surface area (TPSA) is 94.2 Å². The van der Waals surface area contributed by atoms with E-state index in [4.69, 9.17) is 27.1 Å². The number of nitrogen functional groups attached to an aromatic ring is 1. The number of benzene rings is 1. The van der Waals surface area contributed by atoms with E-state index in [9.17, 15) is 4.79 Å². The molecule has 1 aromatic carbocycles. The number of nitrogens with two attached hydrogens (primary N) is 1. The SMILES string of the molecule is Nc1ncc(-c2cccc([C@H]3CN(C(=O)CCc4cccc(Cl)c4)CCO3)n2)cn1. The Hall–Kier alpha value is -3.03. The second kappa shape index (κ2) is 9.19.